The predicted molar refractivity (Wildman–Crippen MR) is 85.7 cm³/mol. The maximum Gasteiger partial charge on any atom is 0.142 e. The summed E-state index contributed by atoms with van der Waals surface area (Å²) in [5.74, 6) is 0.388. The molecule has 3 heteroatoms. The Bertz CT molecular complexity index is 560. The average Bonchev–Trinajstić information content (AvgIpc) is 3.22. The van der Waals surface area contributed by atoms with Gasteiger partial charge in [-0.2, -0.15) is 0 Å². The van der Waals surface area contributed by atoms with Crippen LogP contribution < -0.4 is 5.73 Å². The third kappa shape index (κ3) is 2.15. The molecule has 1 aromatic rings. The van der Waals surface area contributed by atoms with Crippen LogP contribution in [0.15, 0.2) is 35.3 Å². The topological polar surface area (TPSA) is 55.5 Å². The van der Waals surface area contributed by atoms with E-state index in [4.69, 9.17) is 5.73 Å². The van der Waals surface area contributed by atoms with Crippen molar-refractivity contribution in [2.75, 3.05) is 13.1 Å². The molecule has 1 aliphatic carbocycles. The Labute approximate surface area is 126 Å². The number of aliphatic imine (C=N–C) groups is 1. The zero-order valence-electron chi connectivity index (χ0n) is 12.8. The molecule has 0 saturated heterocycles. The van der Waals surface area contributed by atoms with Crippen LogP contribution >= 0.6 is 0 Å². The summed E-state index contributed by atoms with van der Waals surface area (Å²) in [7, 11) is 0. The van der Waals surface area contributed by atoms with Crippen LogP contribution in [0.5, 0.6) is 0 Å². The fourth-order valence-corrected chi connectivity index (χ4v) is 4.01. The fourth-order valence-electron chi connectivity index (χ4n) is 4.01. The van der Waals surface area contributed by atoms with E-state index in [1.54, 1.807) is 0 Å². The molecule has 1 aliphatic heterocycles. The Balaban J connectivity index is 1.99. The van der Waals surface area contributed by atoms with Crippen molar-refractivity contribution < 1.29 is 4.79 Å². The molecular formula is C18H24N2O. The molecule has 3 rings (SSSR count). The number of carbonyl (C=O) groups excluding carboxylic acids is 1. The van der Waals surface area contributed by atoms with Crippen molar-refractivity contribution >= 4 is 11.5 Å². The zero-order chi connectivity index (χ0) is 14.9. The van der Waals surface area contributed by atoms with Crippen LogP contribution in [-0.4, -0.2) is 24.6 Å². The quantitative estimate of drug-likeness (QED) is 0.873. The number of hydrogen-bond donors (Lipinski definition) is 1. The number of Topliss-reactive ketones (excluding diaryl/α,β-unsaturated/α-hetero) is 1. The van der Waals surface area contributed by atoms with Crippen LogP contribution in [0.2, 0.25) is 0 Å². The van der Waals surface area contributed by atoms with E-state index in [2.05, 4.69) is 36.2 Å². The number of hydrogen-bond acceptors (Lipinski definition) is 3. The first kappa shape index (κ1) is 14.5. The van der Waals surface area contributed by atoms with Crippen LogP contribution in [0.1, 0.15) is 44.6 Å². The first-order valence-corrected chi connectivity index (χ1v) is 7.99. The van der Waals surface area contributed by atoms with E-state index >= 15 is 0 Å². The van der Waals surface area contributed by atoms with Gasteiger partial charge in [-0.3, -0.25) is 9.79 Å². The summed E-state index contributed by atoms with van der Waals surface area (Å²) in [6, 6.07) is 10.5. The Morgan fingerprint density at radius 1 is 1.29 bits per heavy atom. The summed E-state index contributed by atoms with van der Waals surface area (Å²) in [6.45, 7) is 3.19. The average molecular weight is 284 g/mol. The molecule has 1 unspecified atom stereocenters. The summed E-state index contributed by atoms with van der Waals surface area (Å²) in [5.41, 5.74) is 7.78. The third-order valence-corrected chi connectivity index (χ3v) is 5.32. The van der Waals surface area contributed by atoms with E-state index in [0.717, 1.165) is 31.4 Å². The lowest BCUT2D eigenvalue weighted by molar-refractivity contribution is -0.129. The predicted octanol–water partition coefficient (Wildman–Crippen LogP) is 2.88. The van der Waals surface area contributed by atoms with E-state index in [1.165, 1.54) is 5.56 Å². The number of rotatable bonds is 6. The van der Waals surface area contributed by atoms with Gasteiger partial charge in [0.05, 0.1) is 12.0 Å². The molecule has 2 aliphatic rings. The molecule has 0 aromatic heterocycles. The molecule has 1 aromatic carbocycles. The zero-order valence-corrected chi connectivity index (χ0v) is 12.8. The van der Waals surface area contributed by atoms with Gasteiger partial charge in [-0.15, -0.1) is 0 Å². The van der Waals surface area contributed by atoms with Crippen LogP contribution in [0, 0.1) is 5.41 Å². The molecule has 3 nitrogen and oxygen atoms in total. The Kier molecular flexibility index (Phi) is 3.70. The van der Waals surface area contributed by atoms with Gasteiger partial charge in [-0.1, -0.05) is 37.3 Å². The van der Waals surface area contributed by atoms with Gasteiger partial charge in [-0.25, -0.2) is 0 Å². The molecule has 21 heavy (non-hydrogen) atoms. The monoisotopic (exact) mass is 284 g/mol. The molecule has 0 radical (unpaired) electrons. The fraction of sp³-hybridized carbons (Fsp3) is 0.556. The minimum absolute atomic E-state index is 0.000926. The van der Waals surface area contributed by atoms with Crippen molar-refractivity contribution in [3.05, 3.63) is 35.9 Å². The Hall–Kier alpha value is -1.48. The summed E-state index contributed by atoms with van der Waals surface area (Å²) in [5, 5.41) is 0. The summed E-state index contributed by atoms with van der Waals surface area (Å²) in [4.78, 5) is 17.6. The first-order chi connectivity index (χ1) is 10.2. The number of ketones is 1. The van der Waals surface area contributed by atoms with Gasteiger partial charge < -0.3 is 5.73 Å². The highest BCUT2D eigenvalue weighted by molar-refractivity contribution is 5.98. The lowest BCUT2D eigenvalue weighted by atomic mass is 9.64. The van der Waals surface area contributed by atoms with E-state index in [0.29, 0.717) is 25.3 Å². The van der Waals surface area contributed by atoms with Crippen molar-refractivity contribution in [2.45, 2.75) is 44.4 Å². The van der Waals surface area contributed by atoms with Crippen molar-refractivity contribution in [1.29, 1.82) is 0 Å². The molecule has 112 valence electrons. The minimum Gasteiger partial charge on any atom is -0.326 e. The maximum atomic E-state index is 13.0. The van der Waals surface area contributed by atoms with Gasteiger partial charge >= 0.3 is 0 Å². The molecule has 1 fully saturated rings. The van der Waals surface area contributed by atoms with Gasteiger partial charge in [-0.05, 0) is 24.8 Å². The largest absolute Gasteiger partial charge is 0.326 e. The van der Waals surface area contributed by atoms with E-state index in [1.807, 2.05) is 6.07 Å². The van der Waals surface area contributed by atoms with Gasteiger partial charge in [0, 0.05) is 30.5 Å². The lowest BCUT2D eigenvalue weighted by Gasteiger charge is -2.37. The normalized spacial score (nSPS) is 26.5. The number of carbonyl (C=O) groups is 1. The Morgan fingerprint density at radius 2 is 2.00 bits per heavy atom. The van der Waals surface area contributed by atoms with Gasteiger partial charge in [0.25, 0.3) is 0 Å². The maximum absolute atomic E-state index is 13.0. The second kappa shape index (κ2) is 5.38. The van der Waals surface area contributed by atoms with Crippen molar-refractivity contribution in [1.82, 2.24) is 0 Å². The molecular weight excluding hydrogens is 260 g/mol. The smallest absolute Gasteiger partial charge is 0.142 e. The van der Waals surface area contributed by atoms with Gasteiger partial charge in [0.1, 0.15) is 5.78 Å². The van der Waals surface area contributed by atoms with Crippen LogP contribution in [0.25, 0.3) is 0 Å². The van der Waals surface area contributed by atoms with Gasteiger partial charge in [0.2, 0.25) is 0 Å². The molecule has 0 bridgehead atoms. The minimum atomic E-state index is -0.334. The molecule has 1 heterocycles. The van der Waals surface area contributed by atoms with Crippen molar-refractivity contribution in [3.63, 3.8) is 0 Å². The standard InChI is InChI=1S/C18H24N2O/c1-2-6-16(21)18(11-15(12-19)20-13-18)17(9-10-17)14-7-4-3-5-8-14/h3-5,7-8H,2,6,9-13,19H2,1H3. The number of benzene rings is 1. The highest BCUT2D eigenvalue weighted by Gasteiger charge is 2.64. The SMILES string of the molecule is CCCC(=O)C1(C2(c3ccccc3)CC2)CN=C(CN)C1. The first-order valence-electron chi connectivity index (χ1n) is 7.99. The molecule has 0 amide bonds. The molecule has 1 atom stereocenters. The van der Waals surface area contributed by atoms with Crippen molar-refractivity contribution in [2.24, 2.45) is 16.1 Å². The van der Waals surface area contributed by atoms with E-state index in [-0.39, 0.29) is 10.8 Å². The summed E-state index contributed by atoms with van der Waals surface area (Å²) in [6.07, 6.45) is 4.52. The van der Waals surface area contributed by atoms with Crippen LogP contribution in [0.3, 0.4) is 0 Å². The Morgan fingerprint density at radius 3 is 2.52 bits per heavy atom. The highest BCUT2D eigenvalue weighted by Crippen LogP contribution is 2.63. The van der Waals surface area contributed by atoms with Gasteiger partial charge in [0.15, 0.2) is 0 Å². The summed E-state index contributed by atoms with van der Waals surface area (Å²) < 4.78 is 0. The molecule has 1 saturated carbocycles. The van der Waals surface area contributed by atoms with E-state index < -0.39 is 0 Å². The second-order valence-corrected chi connectivity index (χ2v) is 6.47. The van der Waals surface area contributed by atoms with Crippen LogP contribution in [-0.2, 0) is 10.2 Å². The number of nitrogens with two attached hydrogens (primary N) is 1. The lowest BCUT2D eigenvalue weighted by Crippen LogP contribution is -2.44. The highest BCUT2D eigenvalue weighted by atomic mass is 16.1. The molecule has 0 spiro atoms. The van der Waals surface area contributed by atoms with Crippen LogP contribution in [0.4, 0.5) is 0 Å². The summed E-state index contributed by atoms with van der Waals surface area (Å²) >= 11 is 0. The molecule has 2 N–H and O–H groups in total. The number of nitrogens with zero attached hydrogens (tertiary/aromatic N) is 1. The third-order valence-electron chi connectivity index (χ3n) is 5.32. The van der Waals surface area contributed by atoms with Crippen molar-refractivity contribution in [3.8, 4) is 0 Å². The van der Waals surface area contributed by atoms with E-state index in [9.17, 15) is 4.79 Å². The second-order valence-electron chi connectivity index (χ2n) is 6.47.